The molecule has 1 aromatic carbocycles. The minimum atomic E-state index is -0.0112. The molecule has 0 saturated heterocycles. The normalized spacial score (nSPS) is 19.5. The van der Waals surface area contributed by atoms with Gasteiger partial charge in [-0.15, -0.1) is 0 Å². The number of benzene rings is 1. The molecule has 0 bridgehead atoms. The second-order valence-corrected chi connectivity index (χ2v) is 5.75. The Labute approximate surface area is 121 Å². The molecule has 0 heterocycles. The van der Waals surface area contributed by atoms with Crippen LogP contribution in [0.1, 0.15) is 38.2 Å². The molecule has 1 unspecified atom stereocenters. The van der Waals surface area contributed by atoms with Gasteiger partial charge in [-0.25, -0.2) is 0 Å². The van der Waals surface area contributed by atoms with Gasteiger partial charge in [-0.1, -0.05) is 42.6 Å². The van der Waals surface area contributed by atoms with Gasteiger partial charge in [0.25, 0.3) is 0 Å². The maximum Gasteiger partial charge on any atom is 0.0837 e. The predicted octanol–water partition coefficient (Wildman–Crippen LogP) is 3.82. The highest BCUT2D eigenvalue weighted by Gasteiger charge is 2.41. The lowest BCUT2D eigenvalue weighted by Crippen LogP contribution is -2.51. The zero-order valence-electron chi connectivity index (χ0n) is 11.9. The average molecular weight is 282 g/mol. The fourth-order valence-corrected chi connectivity index (χ4v) is 3.50. The summed E-state index contributed by atoms with van der Waals surface area (Å²) in [6.07, 6.45) is 5.76. The van der Waals surface area contributed by atoms with Gasteiger partial charge >= 0.3 is 0 Å². The summed E-state index contributed by atoms with van der Waals surface area (Å²) < 4.78 is 6.15. The number of nitrogens with one attached hydrogen (secondary N) is 1. The first-order chi connectivity index (χ1) is 9.22. The van der Waals surface area contributed by atoms with E-state index in [9.17, 15) is 0 Å². The molecule has 3 heteroatoms. The zero-order chi connectivity index (χ0) is 13.7. The van der Waals surface area contributed by atoms with E-state index in [0.29, 0.717) is 6.04 Å². The van der Waals surface area contributed by atoms with Crippen LogP contribution in [0.4, 0.5) is 0 Å². The Kier molecular flexibility index (Phi) is 5.26. The molecular weight excluding hydrogens is 258 g/mol. The van der Waals surface area contributed by atoms with Gasteiger partial charge in [0.15, 0.2) is 0 Å². The second-order valence-electron chi connectivity index (χ2n) is 5.34. The summed E-state index contributed by atoms with van der Waals surface area (Å²) in [5.41, 5.74) is 1.19. The molecule has 0 amide bonds. The van der Waals surface area contributed by atoms with Crippen LogP contribution < -0.4 is 5.32 Å². The van der Waals surface area contributed by atoms with Crippen molar-refractivity contribution < 1.29 is 4.74 Å². The minimum Gasteiger partial charge on any atom is -0.374 e. The van der Waals surface area contributed by atoms with Crippen LogP contribution in [0.25, 0.3) is 0 Å². The van der Waals surface area contributed by atoms with E-state index in [2.05, 4.69) is 24.4 Å². The first kappa shape index (κ1) is 14.8. The highest BCUT2D eigenvalue weighted by molar-refractivity contribution is 6.31. The van der Waals surface area contributed by atoms with Gasteiger partial charge in [0.1, 0.15) is 0 Å². The average Bonchev–Trinajstić information content (AvgIpc) is 2.88. The maximum absolute atomic E-state index is 6.29. The van der Waals surface area contributed by atoms with Gasteiger partial charge in [-0.05, 0) is 44.9 Å². The van der Waals surface area contributed by atoms with Gasteiger partial charge in [0, 0.05) is 17.7 Å². The maximum atomic E-state index is 6.29. The Hall–Kier alpha value is -0.570. The molecule has 19 heavy (non-hydrogen) atoms. The Balaban J connectivity index is 2.17. The van der Waals surface area contributed by atoms with Crippen LogP contribution in [0.3, 0.4) is 0 Å². The molecule has 0 spiro atoms. The van der Waals surface area contributed by atoms with Crippen molar-refractivity contribution in [2.24, 2.45) is 0 Å². The van der Waals surface area contributed by atoms with Gasteiger partial charge in [-0.2, -0.15) is 0 Å². The molecule has 1 aromatic rings. The number of halogens is 1. The fourth-order valence-electron chi connectivity index (χ4n) is 3.29. The molecule has 1 atom stereocenters. The lowest BCUT2D eigenvalue weighted by molar-refractivity contribution is -0.0597. The van der Waals surface area contributed by atoms with Crippen LogP contribution in [0.5, 0.6) is 0 Å². The minimum absolute atomic E-state index is 0.0112. The van der Waals surface area contributed by atoms with Gasteiger partial charge in [0.05, 0.1) is 5.60 Å². The molecule has 1 saturated carbocycles. The van der Waals surface area contributed by atoms with Crippen molar-refractivity contribution in [1.29, 1.82) is 0 Å². The van der Waals surface area contributed by atoms with Gasteiger partial charge in [0.2, 0.25) is 0 Å². The molecule has 2 nitrogen and oxygen atoms in total. The number of ether oxygens (including phenoxy) is 1. The van der Waals surface area contributed by atoms with E-state index in [1.165, 1.54) is 18.4 Å². The third kappa shape index (κ3) is 3.31. The molecule has 0 aromatic heterocycles. The Morgan fingerprint density at radius 3 is 2.58 bits per heavy atom. The number of hydrogen-bond acceptors (Lipinski definition) is 2. The predicted molar refractivity (Wildman–Crippen MR) is 80.8 cm³/mol. The van der Waals surface area contributed by atoms with E-state index < -0.39 is 0 Å². The summed E-state index contributed by atoms with van der Waals surface area (Å²) >= 11 is 6.29. The smallest absolute Gasteiger partial charge is 0.0837 e. The quantitative estimate of drug-likeness (QED) is 0.856. The van der Waals surface area contributed by atoms with E-state index >= 15 is 0 Å². The molecule has 1 aliphatic rings. The van der Waals surface area contributed by atoms with Gasteiger partial charge in [-0.3, -0.25) is 0 Å². The molecule has 106 valence electrons. The largest absolute Gasteiger partial charge is 0.374 e. The molecule has 0 aliphatic heterocycles. The topological polar surface area (TPSA) is 21.3 Å². The van der Waals surface area contributed by atoms with Crippen LogP contribution in [0.15, 0.2) is 24.3 Å². The molecule has 1 N–H and O–H groups in total. The Morgan fingerprint density at radius 1 is 1.32 bits per heavy atom. The zero-order valence-corrected chi connectivity index (χ0v) is 12.7. The van der Waals surface area contributed by atoms with Crippen molar-refractivity contribution in [1.82, 2.24) is 5.32 Å². The number of likely N-dealkylation sites (N-methyl/N-ethyl adjacent to an activating group) is 1. The molecule has 2 rings (SSSR count). The summed E-state index contributed by atoms with van der Waals surface area (Å²) in [4.78, 5) is 0. The molecule has 0 radical (unpaired) electrons. The SMILES string of the molecule is CCOC1(C(Cc2ccccc2Cl)NC)CCCC1. The third-order valence-electron chi connectivity index (χ3n) is 4.25. The monoisotopic (exact) mass is 281 g/mol. The van der Waals surface area contributed by atoms with Crippen LogP contribution >= 0.6 is 11.6 Å². The van der Waals surface area contributed by atoms with Crippen molar-refractivity contribution in [3.8, 4) is 0 Å². The molecule has 1 fully saturated rings. The van der Waals surface area contributed by atoms with Crippen LogP contribution in [0, 0.1) is 0 Å². The summed E-state index contributed by atoms with van der Waals surface area (Å²) in [5.74, 6) is 0. The van der Waals surface area contributed by atoms with Crippen molar-refractivity contribution in [3.63, 3.8) is 0 Å². The summed E-state index contributed by atoms with van der Waals surface area (Å²) in [6, 6.07) is 8.44. The standard InChI is InChI=1S/C16H24ClNO/c1-3-19-16(10-6-7-11-16)15(18-2)12-13-8-4-5-9-14(13)17/h4-5,8-9,15,18H,3,6-7,10-12H2,1-2H3. The Morgan fingerprint density at radius 2 is 2.00 bits per heavy atom. The highest BCUT2D eigenvalue weighted by Crippen LogP contribution is 2.37. The third-order valence-corrected chi connectivity index (χ3v) is 4.62. The van der Waals surface area contributed by atoms with E-state index in [-0.39, 0.29) is 5.60 Å². The lowest BCUT2D eigenvalue weighted by Gasteiger charge is -2.37. The lowest BCUT2D eigenvalue weighted by atomic mass is 9.87. The Bertz CT molecular complexity index is 401. The van der Waals surface area contributed by atoms with Crippen molar-refractivity contribution in [3.05, 3.63) is 34.9 Å². The van der Waals surface area contributed by atoms with Crippen LogP contribution in [0.2, 0.25) is 5.02 Å². The summed E-state index contributed by atoms with van der Waals surface area (Å²) in [7, 11) is 2.03. The van der Waals surface area contributed by atoms with Gasteiger partial charge < -0.3 is 10.1 Å². The second kappa shape index (κ2) is 6.74. The van der Waals surface area contributed by atoms with Crippen molar-refractivity contribution in [2.45, 2.75) is 50.7 Å². The highest BCUT2D eigenvalue weighted by atomic mass is 35.5. The van der Waals surface area contributed by atoms with Crippen molar-refractivity contribution >= 4 is 11.6 Å². The first-order valence-corrected chi connectivity index (χ1v) is 7.64. The number of hydrogen-bond donors (Lipinski definition) is 1. The van der Waals surface area contributed by atoms with E-state index in [4.69, 9.17) is 16.3 Å². The van der Waals surface area contributed by atoms with E-state index in [1.54, 1.807) is 0 Å². The van der Waals surface area contributed by atoms with Crippen molar-refractivity contribution in [2.75, 3.05) is 13.7 Å². The first-order valence-electron chi connectivity index (χ1n) is 7.26. The van der Waals surface area contributed by atoms with Crippen LogP contribution in [-0.2, 0) is 11.2 Å². The van der Waals surface area contributed by atoms with Crippen LogP contribution in [-0.4, -0.2) is 25.3 Å². The fraction of sp³-hybridized carbons (Fsp3) is 0.625. The molecule has 1 aliphatic carbocycles. The molecular formula is C16H24ClNO. The summed E-state index contributed by atoms with van der Waals surface area (Å²) in [6.45, 7) is 2.86. The summed E-state index contributed by atoms with van der Waals surface area (Å²) in [5, 5.41) is 4.32. The number of rotatable bonds is 6. The van der Waals surface area contributed by atoms with E-state index in [0.717, 1.165) is 30.9 Å². The van der Waals surface area contributed by atoms with E-state index in [1.807, 2.05) is 19.2 Å².